The summed E-state index contributed by atoms with van der Waals surface area (Å²) in [5, 5.41) is 11.5. The first-order chi connectivity index (χ1) is 7.78. The Balaban J connectivity index is 2.00. The summed E-state index contributed by atoms with van der Waals surface area (Å²) in [5.41, 5.74) is 3.15. The first-order valence-electron chi connectivity index (χ1n) is 5.18. The van der Waals surface area contributed by atoms with E-state index >= 15 is 0 Å². The highest BCUT2D eigenvalue weighted by Gasteiger charge is 2.01. The maximum Gasteiger partial charge on any atom is 0.151 e. The van der Waals surface area contributed by atoms with Crippen molar-refractivity contribution in [2.75, 3.05) is 0 Å². The maximum atomic E-state index is 8.67. The van der Waals surface area contributed by atoms with E-state index < -0.39 is 0 Å². The summed E-state index contributed by atoms with van der Waals surface area (Å²) < 4.78 is 0. The van der Waals surface area contributed by atoms with Crippen LogP contribution in [-0.4, -0.2) is 4.98 Å². The molecule has 0 radical (unpaired) electrons. The van der Waals surface area contributed by atoms with Gasteiger partial charge in [-0.25, -0.2) is 4.98 Å². The summed E-state index contributed by atoms with van der Waals surface area (Å²) in [6.45, 7) is 2.10. The molecule has 0 spiro atoms. The number of nitrogens with zero attached hydrogens (tertiary/aromatic N) is 2. The van der Waals surface area contributed by atoms with Gasteiger partial charge in [0, 0.05) is 11.8 Å². The van der Waals surface area contributed by atoms with Gasteiger partial charge in [-0.05, 0) is 18.9 Å². The summed E-state index contributed by atoms with van der Waals surface area (Å²) in [5.74, 6) is 0. The van der Waals surface area contributed by atoms with Gasteiger partial charge in [-0.15, -0.1) is 11.3 Å². The van der Waals surface area contributed by atoms with Crippen LogP contribution < -0.4 is 0 Å². The summed E-state index contributed by atoms with van der Waals surface area (Å²) in [6.07, 6.45) is 1.90. The molecule has 0 bridgehead atoms. The average Bonchev–Trinajstić information content (AvgIpc) is 2.74. The minimum absolute atomic E-state index is 0.532. The molecule has 0 saturated carbocycles. The molecule has 1 aromatic carbocycles. The molecule has 2 rings (SSSR count). The summed E-state index contributed by atoms with van der Waals surface area (Å²) in [4.78, 5) is 4.22. The van der Waals surface area contributed by atoms with Crippen LogP contribution in [0.25, 0.3) is 0 Å². The molecule has 0 fully saturated rings. The molecular weight excluding hydrogens is 216 g/mol. The second kappa shape index (κ2) is 4.91. The fourth-order valence-electron chi connectivity index (χ4n) is 1.60. The molecular formula is C13H12N2S. The first kappa shape index (κ1) is 10.8. The number of aromatic nitrogens is 1. The SMILES string of the molecule is Cc1cccc(CCc2nc(C#N)cs2)c1. The monoisotopic (exact) mass is 228 g/mol. The van der Waals surface area contributed by atoms with Crippen molar-refractivity contribution in [3.8, 4) is 6.07 Å². The van der Waals surface area contributed by atoms with Crippen molar-refractivity contribution in [2.45, 2.75) is 19.8 Å². The Kier molecular flexibility index (Phi) is 3.33. The number of benzene rings is 1. The van der Waals surface area contributed by atoms with Crippen LogP contribution in [0.4, 0.5) is 0 Å². The standard InChI is InChI=1S/C13H12N2S/c1-10-3-2-4-11(7-10)5-6-13-15-12(8-14)9-16-13/h2-4,7,9H,5-6H2,1H3. The van der Waals surface area contributed by atoms with Crippen LogP contribution >= 0.6 is 11.3 Å². The molecule has 0 aliphatic carbocycles. The fraction of sp³-hybridized carbons (Fsp3) is 0.231. The van der Waals surface area contributed by atoms with E-state index in [0.29, 0.717) is 5.69 Å². The third-order valence-electron chi connectivity index (χ3n) is 2.38. The molecule has 0 saturated heterocycles. The Bertz CT molecular complexity index is 523. The summed E-state index contributed by atoms with van der Waals surface area (Å²) in [6, 6.07) is 10.6. The first-order valence-corrected chi connectivity index (χ1v) is 6.06. The van der Waals surface area contributed by atoms with Crippen LogP contribution in [0.15, 0.2) is 29.6 Å². The molecule has 3 heteroatoms. The lowest BCUT2D eigenvalue weighted by Crippen LogP contribution is -1.91. The smallest absolute Gasteiger partial charge is 0.151 e. The van der Waals surface area contributed by atoms with Crippen LogP contribution in [0.1, 0.15) is 21.8 Å². The van der Waals surface area contributed by atoms with Crippen molar-refractivity contribution < 1.29 is 0 Å². The highest BCUT2D eigenvalue weighted by molar-refractivity contribution is 7.09. The van der Waals surface area contributed by atoms with Gasteiger partial charge in [-0.3, -0.25) is 0 Å². The number of hydrogen-bond donors (Lipinski definition) is 0. The average molecular weight is 228 g/mol. The number of nitriles is 1. The van der Waals surface area contributed by atoms with Gasteiger partial charge in [-0.1, -0.05) is 29.8 Å². The van der Waals surface area contributed by atoms with E-state index in [4.69, 9.17) is 5.26 Å². The van der Waals surface area contributed by atoms with Gasteiger partial charge in [0.15, 0.2) is 5.69 Å². The zero-order valence-corrected chi connectivity index (χ0v) is 9.92. The molecule has 0 unspecified atom stereocenters. The van der Waals surface area contributed by atoms with Gasteiger partial charge in [-0.2, -0.15) is 5.26 Å². The predicted octanol–water partition coefficient (Wildman–Crippen LogP) is 3.11. The van der Waals surface area contributed by atoms with Gasteiger partial charge < -0.3 is 0 Å². The topological polar surface area (TPSA) is 36.7 Å². The van der Waals surface area contributed by atoms with E-state index in [2.05, 4.69) is 42.2 Å². The van der Waals surface area contributed by atoms with Crippen molar-refractivity contribution in [3.05, 3.63) is 51.5 Å². The van der Waals surface area contributed by atoms with E-state index in [1.165, 1.54) is 11.1 Å². The van der Waals surface area contributed by atoms with E-state index in [1.54, 1.807) is 11.3 Å². The van der Waals surface area contributed by atoms with Crippen LogP contribution in [0, 0.1) is 18.3 Å². The normalized spacial score (nSPS) is 10.0. The van der Waals surface area contributed by atoms with E-state index in [1.807, 2.05) is 5.38 Å². The van der Waals surface area contributed by atoms with Gasteiger partial charge >= 0.3 is 0 Å². The number of aryl methyl sites for hydroxylation is 3. The van der Waals surface area contributed by atoms with Crippen LogP contribution in [0.2, 0.25) is 0 Å². The largest absolute Gasteiger partial charge is 0.231 e. The van der Waals surface area contributed by atoms with E-state index in [0.717, 1.165) is 17.8 Å². The molecule has 0 aliphatic rings. The van der Waals surface area contributed by atoms with Crippen LogP contribution in [0.3, 0.4) is 0 Å². The predicted molar refractivity (Wildman–Crippen MR) is 65.4 cm³/mol. The lowest BCUT2D eigenvalue weighted by atomic mass is 10.1. The van der Waals surface area contributed by atoms with Crippen molar-refractivity contribution in [1.82, 2.24) is 4.98 Å². The molecule has 0 amide bonds. The third-order valence-corrected chi connectivity index (χ3v) is 3.28. The summed E-state index contributed by atoms with van der Waals surface area (Å²) >= 11 is 1.56. The molecule has 80 valence electrons. The van der Waals surface area contributed by atoms with Crippen molar-refractivity contribution in [2.24, 2.45) is 0 Å². The van der Waals surface area contributed by atoms with Crippen LogP contribution in [-0.2, 0) is 12.8 Å². The highest BCUT2D eigenvalue weighted by atomic mass is 32.1. The molecule has 2 nitrogen and oxygen atoms in total. The van der Waals surface area contributed by atoms with Gasteiger partial charge in [0.25, 0.3) is 0 Å². The number of rotatable bonds is 3. The Morgan fingerprint density at radius 1 is 1.38 bits per heavy atom. The second-order valence-electron chi connectivity index (χ2n) is 3.73. The van der Waals surface area contributed by atoms with Crippen molar-refractivity contribution >= 4 is 11.3 Å². The Morgan fingerprint density at radius 3 is 2.94 bits per heavy atom. The Hall–Kier alpha value is -1.66. The second-order valence-corrected chi connectivity index (χ2v) is 4.67. The van der Waals surface area contributed by atoms with E-state index in [-0.39, 0.29) is 0 Å². The van der Waals surface area contributed by atoms with Gasteiger partial charge in [0.05, 0.1) is 5.01 Å². The number of hydrogen-bond acceptors (Lipinski definition) is 3. The lowest BCUT2D eigenvalue weighted by Gasteiger charge is -2.00. The van der Waals surface area contributed by atoms with Crippen LogP contribution in [0.5, 0.6) is 0 Å². The molecule has 16 heavy (non-hydrogen) atoms. The zero-order valence-electron chi connectivity index (χ0n) is 9.10. The zero-order chi connectivity index (χ0) is 11.4. The molecule has 0 atom stereocenters. The molecule has 2 aromatic rings. The minimum Gasteiger partial charge on any atom is -0.231 e. The van der Waals surface area contributed by atoms with Gasteiger partial charge in [0.2, 0.25) is 0 Å². The van der Waals surface area contributed by atoms with Gasteiger partial charge in [0.1, 0.15) is 6.07 Å². The quantitative estimate of drug-likeness (QED) is 0.809. The minimum atomic E-state index is 0.532. The third kappa shape index (κ3) is 2.68. The Morgan fingerprint density at radius 2 is 2.25 bits per heavy atom. The Labute approximate surface area is 99.2 Å². The van der Waals surface area contributed by atoms with E-state index in [9.17, 15) is 0 Å². The molecule has 1 aromatic heterocycles. The number of thiazole rings is 1. The molecule has 0 N–H and O–H groups in total. The van der Waals surface area contributed by atoms with Crippen molar-refractivity contribution in [1.29, 1.82) is 5.26 Å². The lowest BCUT2D eigenvalue weighted by molar-refractivity contribution is 0.939. The maximum absolute atomic E-state index is 8.67. The van der Waals surface area contributed by atoms with Crippen molar-refractivity contribution in [3.63, 3.8) is 0 Å². The molecule has 1 heterocycles. The highest BCUT2D eigenvalue weighted by Crippen LogP contribution is 2.13. The molecule has 0 aliphatic heterocycles. The fourth-order valence-corrected chi connectivity index (χ4v) is 2.32. The summed E-state index contributed by atoms with van der Waals surface area (Å²) in [7, 11) is 0.